The van der Waals surface area contributed by atoms with Crippen LogP contribution >= 0.6 is 22.7 Å². The summed E-state index contributed by atoms with van der Waals surface area (Å²) in [6, 6.07) is 22.5. The molecular formula is C63H84O2S2. The van der Waals surface area contributed by atoms with Crippen LogP contribution in [-0.4, -0.2) is 0 Å². The zero-order valence-electron chi connectivity index (χ0n) is 43.1. The molecule has 0 aliphatic heterocycles. The van der Waals surface area contributed by atoms with E-state index < -0.39 is 0 Å². The molecule has 0 spiro atoms. The van der Waals surface area contributed by atoms with Crippen LogP contribution in [0.1, 0.15) is 225 Å². The predicted octanol–water partition coefficient (Wildman–Crippen LogP) is 20.0. The van der Waals surface area contributed by atoms with Gasteiger partial charge >= 0.3 is 0 Å². The molecule has 0 amide bonds. The molecule has 0 fully saturated rings. The van der Waals surface area contributed by atoms with Gasteiger partial charge < -0.3 is 0 Å². The summed E-state index contributed by atoms with van der Waals surface area (Å²) in [5.41, 5.74) is 5.06. The Morgan fingerprint density at radius 3 is 1.36 bits per heavy atom. The number of rotatable bonds is 29. The van der Waals surface area contributed by atoms with E-state index in [1.807, 2.05) is 22.7 Å². The molecule has 0 aliphatic rings. The average Bonchev–Trinajstić information content (AvgIpc) is 4.13. The van der Waals surface area contributed by atoms with Crippen molar-refractivity contribution in [1.29, 1.82) is 0 Å². The van der Waals surface area contributed by atoms with Crippen molar-refractivity contribution in [3.05, 3.63) is 103 Å². The van der Waals surface area contributed by atoms with E-state index in [2.05, 4.69) is 116 Å². The van der Waals surface area contributed by atoms with Crippen LogP contribution in [0.2, 0.25) is 0 Å². The molecule has 67 heavy (non-hydrogen) atoms. The van der Waals surface area contributed by atoms with Crippen LogP contribution in [-0.2, 0) is 23.7 Å². The summed E-state index contributed by atoms with van der Waals surface area (Å²) in [4.78, 5) is 35.8. The largest absolute Gasteiger partial charge is 0.289 e. The van der Waals surface area contributed by atoms with E-state index >= 15 is 9.59 Å². The van der Waals surface area contributed by atoms with Crippen molar-refractivity contribution in [3.63, 3.8) is 0 Å². The average molecular weight is 937 g/mol. The van der Waals surface area contributed by atoms with Crippen LogP contribution in [0.15, 0.2) is 70.3 Å². The van der Waals surface area contributed by atoms with Gasteiger partial charge in [-0.2, -0.15) is 0 Å². The van der Waals surface area contributed by atoms with Gasteiger partial charge in [-0.1, -0.05) is 202 Å². The van der Waals surface area contributed by atoms with Crippen molar-refractivity contribution in [2.75, 3.05) is 0 Å². The fourth-order valence-electron chi connectivity index (χ4n) is 11.2. The van der Waals surface area contributed by atoms with Gasteiger partial charge in [0.1, 0.15) is 0 Å². The van der Waals surface area contributed by atoms with Crippen molar-refractivity contribution in [1.82, 2.24) is 0 Å². The summed E-state index contributed by atoms with van der Waals surface area (Å²) >= 11 is 3.75. The molecule has 0 saturated heterocycles. The second-order valence-electron chi connectivity index (χ2n) is 21.7. The smallest absolute Gasteiger partial charge is 0.194 e. The van der Waals surface area contributed by atoms with E-state index in [1.165, 1.54) is 141 Å². The molecule has 2 nitrogen and oxygen atoms in total. The minimum absolute atomic E-state index is 0.0300. The van der Waals surface area contributed by atoms with E-state index in [1.54, 1.807) is 0 Å². The molecule has 2 aromatic heterocycles. The normalized spacial score (nSPS) is 12.6. The summed E-state index contributed by atoms with van der Waals surface area (Å²) in [5, 5.41) is 7.70. The third-order valence-corrected chi connectivity index (χ3v) is 18.5. The van der Waals surface area contributed by atoms with Crippen LogP contribution < -0.4 is 10.9 Å². The molecule has 0 saturated carbocycles. The first kappa shape index (κ1) is 51.3. The maximum Gasteiger partial charge on any atom is 0.194 e. The van der Waals surface area contributed by atoms with Crippen LogP contribution in [0.4, 0.5) is 0 Å². The lowest BCUT2D eigenvalue weighted by atomic mass is 9.81. The van der Waals surface area contributed by atoms with Crippen molar-refractivity contribution < 1.29 is 0 Å². The zero-order chi connectivity index (χ0) is 47.6. The van der Waals surface area contributed by atoms with Gasteiger partial charge in [-0.15, -0.1) is 22.7 Å². The van der Waals surface area contributed by atoms with Crippen LogP contribution in [0.3, 0.4) is 0 Å². The molecule has 0 atom stereocenters. The van der Waals surface area contributed by atoms with E-state index in [0.717, 1.165) is 105 Å². The second-order valence-corrected chi connectivity index (χ2v) is 23.9. The fourth-order valence-corrected chi connectivity index (χ4v) is 13.4. The quantitative estimate of drug-likeness (QED) is 0.0439. The van der Waals surface area contributed by atoms with E-state index in [0.29, 0.717) is 0 Å². The van der Waals surface area contributed by atoms with Crippen LogP contribution in [0.25, 0.3) is 63.3 Å². The lowest BCUT2D eigenvalue weighted by molar-refractivity contribution is 0.482. The predicted molar refractivity (Wildman–Crippen MR) is 300 cm³/mol. The Hall–Kier alpha value is -3.60. The molecule has 5 aromatic carbocycles. The highest BCUT2D eigenvalue weighted by Gasteiger charge is 2.28. The highest BCUT2D eigenvalue weighted by molar-refractivity contribution is 7.24. The Morgan fingerprint density at radius 1 is 0.403 bits per heavy atom. The first-order chi connectivity index (χ1) is 32.4. The van der Waals surface area contributed by atoms with Crippen molar-refractivity contribution in [3.8, 4) is 20.2 Å². The topological polar surface area (TPSA) is 34.1 Å². The monoisotopic (exact) mass is 937 g/mol. The summed E-state index contributed by atoms with van der Waals surface area (Å²) in [5.74, 6) is 0. The maximum atomic E-state index is 15.4. The summed E-state index contributed by atoms with van der Waals surface area (Å²) < 4.78 is 0. The molecule has 2 heterocycles. The van der Waals surface area contributed by atoms with Gasteiger partial charge in [-0.3, -0.25) is 9.59 Å². The summed E-state index contributed by atoms with van der Waals surface area (Å²) in [6.07, 6.45) is 30.4. The number of thiophene rings is 2. The molecule has 7 rings (SSSR count). The Kier molecular flexibility index (Phi) is 18.2. The number of fused-ring (bicyclic) bond motifs is 6. The lowest BCUT2D eigenvalue weighted by Crippen LogP contribution is -2.15. The SMILES string of the molecule is CCCCCCCCCCCCc1c2c(=O)c3cc(C(C)(C)CC)ccc3c2c(CCCCCCCCCCCC)c2c(=O)c3cc(-c4ccc(-c5ccc(C(C)(C)CCC)s5)s4)ccc3c12. The lowest BCUT2D eigenvalue weighted by Gasteiger charge is -2.23. The molecule has 0 N–H and O–H groups in total. The van der Waals surface area contributed by atoms with Gasteiger partial charge in [0.2, 0.25) is 0 Å². The molecule has 0 aliphatic carbocycles. The van der Waals surface area contributed by atoms with Gasteiger partial charge in [0.05, 0.1) is 0 Å². The highest BCUT2D eigenvalue weighted by atomic mass is 32.1. The third-order valence-electron chi connectivity index (χ3n) is 15.7. The zero-order valence-corrected chi connectivity index (χ0v) is 44.7. The van der Waals surface area contributed by atoms with Crippen LogP contribution in [0.5, 0.6) is 0 Å². The molecule has 7 aromatic rings. The first-order valence-corrected chi connectivity index (χ1v) is 28.9. The van der Waals surface area contributed by atoms with E-state index in [9.17, 15) is 0 Å². The number of hydrogen-bond donors (Lipinski definition) is 0. The second kappa shape index (κ2) is 23.8. The number of hydrogen-bond acceptors (Lipinski definition) is 4. The molecule has 4 heteroatoms. The molecule has 0 radical (unpaired) electrons. The Morgan fingerprint density at radius 2 is 0.851 bits per heavy atom. The van der Waals surface area contributed by atoms with Gasteiger partial charge in [0.25, 0.3) is 0 Å². The Bertz CT molecular complexity index is 2760. The fraction of sp³-hybridized carbons (Fsp3) is 0.556. The number of unbranched alkanes of at least 4 members (excludes halogenated alkanes) is 18. The number of aryl methyl sites for hydroxylation is 2. The standard InChI is InChI=1S/C63H84O2S2/c1-9-13-15-17-19-21-23-25-27-29-31-48-56-46-35-33-44(52-37-38-53(66-52)54-39-40-55(67-54)63(7,8)41-11-3)42-50(46)60(64)58(56)49(32-30-28-26-24-22-20-18-16-14-10-2)57-47-36-34-45(62(5,6)12-4)43-51(47)61(65)59(48)57/h33-40,42-43H,9-32,41H2,1-8H3. The molecule has 0 bridgehead atoms. The van der Waals surface area contributed by atoms with Gasteiger partial charge in [-0.25, -0.2) is 0 Å². The van der Waals surface area contributed by atoms with Crippen molar-refractivity contribution in [2.45, 2.75) is 227 Å². The Balaban J connectivity index is 1.30. The van der Waals surface area contributed by atoms with E-state index in [-0.39, 0.29) is 21.7 Å². The minimum Gasteiger partial charge on any atom is -0.289 e. The van der Waals surface area contributed by atoms with Gasteiger partial charge in [0.15, 0.2) is 10.9 Å². The van der Waals surface area contributed by atoms with Gasteiger partial charge in [0, 0.05) is 41.1 Å². The highest BCUT2D eigenvalue weighted by Crippen LogP contribution is 2.45. The molecular weight excluding hydrogens is 853 g/mol. The van der Waals surface area contributed by atoms with Crippen LogP contribution in [0, 0.1) is 0 Å². The third kappa shape index (κ3) is 11.7. The van der Waals surface area contributed by atoms with Crippen molar-refractivity contribution >= 4 is 65.8 Å². The van der Waals surface area contributed by atoms with Crippen molar-refractivity contribution in [2.24, 2.45) is 0 Å². The maximum absolute atomic E-state index is 15.4. The Labute approximate surface area is 413 Å². The summed E-state index contributed by atoms with van der Waals surface area (Å²) in [7, 11) is 0. The number of benzene rings is 3. The van der Waals surface area contributed by atoms with Gasteiger partial charge in [-0.05, 0) is 130 Å². The molecule has 0 unspecified atom stereocenters. The van der Waals surface area contributed by atoms with E-state index in [4.69, 9.17) is 0 Å². The summed E-state index contributed by atoms with van der Waals surface area (Å²) in [6.45, 7) is 18.4. The molecule has 360 valence electrons. The minimum atomic E-state index is -0.0300. The first-order valence-electron chi connectivity index (χ1n) is 27.3.